The molecule has 0 saturated heterocycles. The second-order valence-corrected chi connectivity index (χ2v) is 5.33. The van der Waals surface area contributed by atoms with Crippen molar-refractivity contribution in [1.29, 1.82) is 0 Å². The van der Waals surface area contributed by atoms with Crippen molar-refractivity contribution in [1.82, 2.24) is 9.97 Å². The summed E-state index contributed by atoms with van der Waals surface area (Å²) in [6.45, 7) is 2.93. The van der Waals surface area contributed by atoms with Crippen LogP contribution in [0.15, 0.2) is 51.1 Å². The first kappa shape index (κ1) is 12.4. The molecule has 2 aromatic rings. The molecule has 0 aliphatic rings. The minimum Gasteiger partial charge on any atom is -0.370 e. The highest BCUT2D eigenvalue weighted by molar-refractivity contribution is 9.10. The van der Waals surface area contributed by atoms with Gasteiger partial charge >= 0.3 is 0 Å². The van der Waals surface area contributed by atoms with Crippen LogP contribution in [-0.2, 0) is 0 Å². The normalized spacial score (nSPS) is 10.2. The second-order valence-electron chi connectivity index (χ2n) is 3.32. The number of nitrogens with one attached hydrogen (secondary N) is 1. The third-order valence-electron chi connectivity index (χ3n) is 2.01. The summed E-state index contributed by atoms with van der Waals surface area (Å²) in [4.78, 5) is 9.69. The molecule has 88 valence electrons. The topological polar surface area (TPSA) is 37.8 Å². The zero-order chi connectivity index (χ0) is 12.1. The third-order valence-corrected chi connectivity index (χ3v) is 3.42. The molecular formula is C12H12BrN3S. The van der Waals surface area contributed by atoms with Crippen LogP contribution < -0.4 is 5.32 Å². The minimum absolute atomic E-state index is 0.873. The Labute approximate surface area is 113 Å². The van der Waals surface area contributed by atoms with Gasteiger partial charge in [0.05, 0.1) is 0 Å². The van der Waals surface area contributed by atoms with Crippen LogP contribution in [0.25, 0.3) is 0 Å². The number of halogens is 1. The van der Waals surface area contributed by atoms with E-state index >= 15 is 0 Å². The van der Waals surface area contributed by atoms with E-state index in [0.717, 1.165) is 26.8 Å². The molecule has 2 heterocycles. The Morgan fingerprint density at radius 1 is 1.29 bits per heavy atom. The van der Waals surface area contributed by atoms with Crippen LogP contribution >= 0.6 is 27.7 Å². The molecule has 0 amide bonds. The first-order chi connectivity index (χ1) is 8.28. The molecule has 3 nitrogen and oxygen atoms in total. The molecule has 0 aliphatic carbocycles. The molecule has 0 atom stereocenters. The van der Waals surface area contributed by atoms with Crippen LogP contribution in [0.2, 0.25) is 0 Å². The summed E-state index contributed by atoms with van der Waals surface area (Å²) in [6.07, 6.45) is 3.61. The summed E-state index contributed by atoms with van der Waals surface area (Å²) >= 11 is 5.00. The first-order valence-electron chi connectivity index (χ1n) is 5.27. The van der Waals surface area contributed by atoms with Gasteiger partial charge < -0.3 is 5.32 Å². The van der Waals surface area contributed by atoms with Crippen LogP contribution in [0.5, 0.6) is 0 Å². The summed E-state index contributed by atoms with van der Waals surface area (Å²) < 4.78 is 0.991. The lowest BCUT2D eigenvalue weighted by atomic mass is 10.4. The quantitative estimate of drug-likeness (QED) is 0.931. The lowest BCUT2D eigenvalue weighted by molar-refractivity contribution is 1.11. The highest BCUT2D eigenvalue weighted by atomic mass is 79.9. The number of nitrogens with zero attached hydrogens (tertiary/aromatic N) is 2. The zero-order valence-corrected chi connectivity index (χ0v) is 11.8. The Morgan fingerprint density at radius 3 is 2.88 bits per heavy atom. The number of aromatic nitrogens is 2. The summed E-state index contributed by atoms with van der Waals surface area (Å²) in [7, 11) is 0. The fourth-order valence-electron chi connectivity index (χ4n) is 1.30. The predicted octanol–water partition coefficient (Wildman–Crippen LogP) is 3.82. The standard InChI is InChI=1S/C12H12BrN3S/c1-2-14-11-7-10(5-6-15-11)17-12-4-3-9(13)8-16-12/h3-8H,2H2,1H3,(H,14,15). The van der Waals surface area contributed by atoms with E-state index in [2.05, 4.69) is 38.1 Å². The van der Waals surface area contributed by atoms with Crippen molar-refractivity contribution in [2.45, 2.75) is 16.8 Å². The van der Waals surface area contributed by atoms with Crippen molar-refractivity contribution in [3.8, 4) is 0 Å². The molecule has 0 aromatic carbocycles. The van der Waals surface area contributed by atoms with E-state index in [1.165, 1.54) is 0 Å². The summed E-state index contributed by atoms with van der Waals surface area (Å²) in [5.74, 6) is 0.898. The molecule has 0 aliphatic heterocycles. The van der Waals surface area contributed by atoms with Gasteiger partial charge in [0.1, 0.15) is 10.8 Å². The van der Waals surface area contributed by atoms with Gasteiger partial charge in [0.2, 0.25) is 0 Å². The van der Waals surface area contributed by atoms with Crippen molar-refractivity contribution in [3.63, 3.8) is 0 Å². The van der Waals surface area contributed by atoms with E-state index in [0.29, 0.717) is 0 Å². The van der Waals surface area contributed by atoms with E-state index < -0.39 is 0 Å². The molecule has 0 spiro atoms. The third kappa shape index (κ3) is 3.71. The number of hydrogen-bond donors (Lipinski definition) is 1. The van der Waals surface area contributed by atoms with E-state index in [9.17, 15) is 0 Å². The van der Waals surface area contributed by atoms with Crippen LogP contribution in [0.3, 0.4) is 0 Å². The van der Waals surface area contributed by atoms with Gasteiger partial charge in [-0.25, -0.2) is 9.97 Å². The van der Waals surface area contributed by atoms with Gasteiger partial charge in [-0.1, -0.05) is 11.8 Å². The average Bonchev–Trinajstić information content (AvgIpc) is 2.33. The molecule has 1 N–H and O–H groups in total. The molecule has 5 heteroatoms. The highest BCUT2D eigenvalue weighted by Gasteiger charge is 2.00. The fourth-order valence-corrected chi connectivity index (χ4v) is 2.31. The molecule has 0 saturated carbocycles. The number of rotatable bonds is 4. The Balaban J connectivity index is 2.12. The largest absolute Gasteiger partial charge is 0.370 e. The second kappa shape index (κ2) is 6.02. The van der Waals surface area contributed by atoms with Gasteiger partial charge in [0, 0.05) is 28.3 Å². The summed E-state index contributed by atoms with van der Waals surface area (Å²) in [6, 6.07) is 7.98. The Morgan fingerprint density at radius 2 is 2.18 bits per heavy atom. The minimum atomic E-state index is 0.873. The van der Waals surface area contributed by atoms with E-state index in [4.69, 9.17) is 0 Å². The van der Waals surface area contributed by atoms with Gasteiger partial charge in [0.15, 0.2) is 0 Å². The van der Waals surface area contributed by atoms with Crippen molar-refractivity contribution in [2.75, 3.05) is 11.9 Å². The Hall–Kier alpha value is -1.07. The smallest absolute Gasteiger partial charge is 0.126 e. The van der Waals surface area contributed by atoms with Gasteiger partial charge in [-0.2, -0.15) is 0 Å². The maximum atomic E-state index is 4.32. The molecule has 2 rings (SSSR count). The average molecular weight is 310 g/mol. The van der Waals surface area contributed by atoms with E-state index in [1.807, 2.05) is 24.3 Å². The molecule has 17 heavy (non-hydrogen) atoms. The zero-order valence-electron chi connectivity index (χ0n) is 9.35. The van der Waals surface area contributed by atoms with Crippen molar-refractivity contribution >= 4 is 33.5 Å². The number of pyridine rings is 2. The van der Waals surface area contributed by atoms with Gasteiger partial charge in [-0.05, 0) is 47.1 Å². The molecule has 2 aromatic heterocycles. The molecule has 0 unspecified atom stereocenters. The lowest BCUT2D eigenvalue weighted by Crippen LogP contribution is -1.98. The Kier molecular flexibility index (Phi) is 4.39. The summed E-state index contributed by atoms with van der Waals surface area (Å²) in [5.41, 5.74) is 0. The van der Waals surface area contributed by atoms with Crippen LogP contribution in [0.1, 0.15) is 6.92 Å². The van der Waals surface area contributed by atoms with Gasteiger partial charge in [-0.3, -0.25) is 0 Å². The predicted molar refractivity (Wildman–Crippen MR) is 74.5 cm³/mol. The highest BCUT2D eigenvalue weighted by Crippen LogP contribution is 2.27. The maximum absolute atomic E-state index is 4.32. The Bertz CT molecular complexity index is 487. The van der Waals surface area contributed by atoms with E-state index in [1.54, 1.807) is 24.2 Å². The fraction of sp³-hybridized carbons (Fsp3) is 0.167. The van der Waals surface area contributed by atoms with Crippen molar-refractivity contribution < 1.29 is 0 Å². The summed E-state index contributed by atoms with van der Waals surface area (Å²) in [5, 5.41) is 4.16. The first-order valence-corrected chi connectivity index (χ1v) is 6.88. The van der Waals surface area contributed by atoms with Crippen molar-refractivity contribution in [2.24, 2.45) is 0 Å². The number of anilines is 1. The van der Waals surface area contributed by atoms with Crippen LogP contribution in [0, 0.1) is 0 Å². The molecule has 0 fully saturated rings. The molecule has 0 bridgehead atoms. The number of hydrogen-bond acceptors (Lipinski definition) is 4. The lowest BCUT2D eigenvalue weighted by Gasteiger charge is -2.04. The van der Waals surface area contributed by atoms with Crippen LogP contribution in [0.4, 0.5) is 5.82 Å². The van der Waals surface area contributed by atoms with Crippen molar-refractivity contribution in [3.05, 3.63) is 41.1 Å². The van der Waals surface area contributed by atoms with E-state index in [-0.39, 0.29) is 0 Å². The maximum Gasteiger partial charge on any atom is 0.126 e. The molecular weight excluding hydrogens is 298 g/mol. The van der Waals surface area contributed by atoms with Crippen LogP contribution in [-0.4, -0.2) is 16.5 Å². The SMILES string of the molecule is CCNc1cc(Sc2ccc(Br)cn2)ccn1. The monoisotopic (exact) mass is 309 g/mol. The van der Waals surface area contributed by atoms with Gasteiger partial charge in [-0.15, -0.1) is 0 Å². The molecule has 0 radical (unpaired) electrons. The van der Waals surface area contributed by atoms with Gasteiger partial charge in [0.25, 0.3) is 0 Å².